The van der Waals surface area contributed by atoms with Gasteiger partial charge in [-0.1, -0.05) is 74.7 Å². The number of nitrogens with zero attached hydrogens (tertiary/aromatic N) is 2. The molecule has 0 aromatic carbocycles. The summed E-state index contributed by atoms with van der Waals surface area (Å²) in [6, 6.07) is -2.94. The molecule has 4 amide bonds. The Morgan fingerprint density at radius 3 is 2.05 bits per heavy atom. The van der Waals surface area contributed by atoms with Gasteiger partial charge in [0.05, 0.1) is 12.2 Å². The Balaban J connectivity index is 1.80. The Kier molecular flexibility index (Phi) is 10.3. The molecule has 1 saturated heterocycles. The number of sulfonamides is 1. The first-order valence-corrected chi connectivity index (χ1v) is 17.3. The van der Waals surface area contributed by atoms with E-state index in [4.69, 9.17) is 0 Å². The van der Waals surface area contributed by atoms with E-state index in [0.29, 0.717) is 18.9 Å². The summed E-state index contributed by atoms with van der Waals surface area (Å²) in [6.45, 7) is 15.7. The Bertz CT molecular complexity index is 1160. The summed E-state index contributed by atoms with van der Waals surface area (Å²) < 4.78 is 25.3. The van der Waals surface area contributed by atoms with Crippen LogP contribution < -0.4 is 16.0 Å². The number of carbonyl (C=O) groups excluding carboxylic acids is 3. The average Bonchev–Trinajstić information content (AvgIpc) is 3.14. The van der Waals surface area contributed by atoms with E-state index in [1.165, 1.54) is 11.4 Å². The summed E-state index contributed by atoms with van der Waals surface area (Å²) in [4.78, 5) is 42.8. The SMILES string of the molecule is CN(C[C@@H](NC(=O)N[C@H](C(=O)N1C[C@H]2[C@@H]([C@H]1C(=O)N[C@@H](CC1CCC1)B(O)O)C2(C)C)C(C)(C)C)C(C)(C)C)S(C)(=O)=O. The lowest BCUT2D eigenvalue weighted by atomic mass is 9.69. The predicted octanol–water partition coefficient (Wildman–Crippen LogP) is 1.18. The minimum Gasteiger partial charge on any atom is -0.426 e. The van der Waals surface area contributed by atoms with Crippen LogP contribution in [0.15, 0.2) is 0 Å². The molecule has 6 atom stereocenters. The molecule has 246 valence electrons. The molecule has 0 aromatic rings. The summed E-state index contributed by atoms with van der Waals surface area (Å²) in [5.74, 6) is -1.24. The van der Waals surface area contributed by atoms with Crippen LogP contribution in [0.1, 0.15) is 81.1 Å². The van der Waals surface area contributed by atoms with Gasteiger partial charge in [0.15, 0.2) is 0 Å². The first-order valence-electron chi connectivity index (χ1n) is 15.4. The van der Waals surface area contributed by atoms with Gasteiger partial charge >= 0.3 is 13.1 Å². The zero-order valence-corrected chi connectivity index (χ0v) is 28.4. The number of urea groups is 1. The number of piperidine rings is 1. The van der Waals surface area contributed by atoms with Crippen LogP contribution in [0.4, 0.5) is 4.79 Å². The van der Waals surface area contributed by atoms with Crippen molar-refractivity contribution in [1.29, 1.82) is 0 Å². The quantitative estimate of drug-likeness (QED) is 0.214. The molecule has 14 heteroatoms. The Morgan fingerprint density at radius 1 is 1.02 bits per heavy atom. The highest BCUT2D eigenvalue weighted by Crippen LogP contribution is 2.65. The number of hydrogen-bond acceptors (Lipinski definition) is 7. The first kappa shape index (κ1) is 35.6. The second-order valence-corrected chi connectivity index (χ2v) is 17.9. The van der Waals surface area contributed by atoms with E-state index < -0.39 is 64.0 Å². The third-order valence-electron chi connectivity index (χ3n) is 10.0. The molecule has 0 spiro atoms. The van der Waals surface area contributed by atoms with E-state index in [0.717, 1.165) is 25.5 Å². The number of carbonyl (C=O) groups is 3. The van der Waals surface area contributed by atoms with Crippen LogP contribution in [-0.4, -0.2) is 103 Å². The second-order valence-electron chi connectivity index (χ2n) is 15.8. The molecule has 0 bridgehead atoms. The monoisotopic (exact) mass is 627 g/mol. The fourth-order valence-electron chi connectivity index (χ4n) is 6.50. The lowest BCUT2D eigenvalue weighted by molar-refractivity contribution is -0.143. The molecular weight excluding hydrogens is 573 g/mol. The van der Waals surface area contributed by atoms with E-state index in [-0.39, 0.29) is 29.7 Å². The molecule has 3 aliphatic rings. The van der Waals surface area contributed by atoms with Crippen LogP contribution in [0.3, 0.4) is 0 Å². The molecule has 1 heterocycles. The van der Waals surface area contributed by atoms with Crippen LogP contribution in [0.2, 0.25) is 0 Å². The lowest BCUT2D eigenvalue weighted by Crippen LogP contribution is -2.63. The van der Waals surface area contributed by atoms with Gasteiger partial charge in [0, 0.05) is 26.2 Å². The van der Waals surface area contributed by atoms with E-state index >= 15 is 0 Å². The van der Waals surface area contributed by atoms with Crippen molar-refractivity contribution in [2.45, 2.75) is 105 Å². The molecule has 5 N–H and O–H groups in total. The fourth-order valence-corrected chi connectivity index (χ4v) is 6.92. The zero-order chi connectivity index (χ0) is 32.9. The number of likely N-dealkylation sites (N-methyl/N-ethyl adjacent to an activating group) is 1. The van der Waals surface area contributed by atoms with Crippen molar-refractivity contribution < 1.29 is 32.8 Å². The zero-order valence-electron chi connectivity index (χ0n) is 27.6. The van der Waals surface area contributed by atoms with Crippen molar-refractivity contribution in [1.82, 2.24) is 25.2 Å². The van der Waals surface area contributed by atoms with E-state index in [9.17, 15) is 32.8 Å². The molecule has 0 aromatic heterocycles. The standard InChI is InChI=1S/C29H54BN5O7S/c1-27(2,3)19(16-34(9)43(10,41)42)31-26(38)33-23(28(4,5)6)25(37)35-15-18-21(29(18,7)8)22(35)24(36)32-20(30(39)40)14-17-12-11-13-17/h17-23,39-40H,11-16H2,1-10H3,(H,32,36)(H2,31,33,38)/t18-,19+,20-,21-,22-,23+/m0/s1. The van der Waals surface area contributed by atoms with Crippen LogP contribution in [0, 0.1) is 34.0 Å². The van der Waals surface area contributed by atoms with Gasteiger partial charge in [-0.2, -0.15) is 0 Å². The minimum atomic E-state index is -3.48. The van der Waals surface area contributed by atoms with Crippen LogP contribution in [-0.2, 0) is 19.6 Å². The molecule has 3 rings (SSSR count). The molecule has 3 fully saturated rings. The number of fused-ring (bicyclic) bond motifs is 1. The van der Waals surface area contributed by atoms with Crippen LogP contribution >= 0.6 is 0 Å². The van der Waals surface area contributed by atoms with Crippen molar-refractivity contribution in [2.75, 3.05) is 26.4 Å². The second kappa shape index (κ2) is 12.5. The van der Waals surface area contributed by atoms with Crippen molar-refractivity contribution >= 4 is 35.0 Å². The van der Waals surface area contributed by atoms with Crippen molar-refractivity contribution in [3.63, 3.8) is 0 Å². The average molecular weight is 628 g/mol. The summed E-state index contributed by atoms with van der Waals surface area (Å²) in [7, 11) is -3.73. The molecule has 43 heavy (non-hydrogen) atoms. The largest absolute Gasteiger partial charge is 0.475 e. The molecule has 0 radical (unpaired) electrons. The van der Waals surface area contributed by atoms with E-state index in [2.05, 4.69) is 29.8 Å². The fraction of sp³-hybridized carbons (Fsp3) is 0.897. The Hall–Kier alpha value is -1.90. The van der Waals surface area contributed by atoms with Crippen molar-refractivity contribution in [3.05, 3.63) is 0 Å². The van der Waals surface area contributed by atoms with Crippen molar-refractivity contribution in [2.24, 2.45) is 34.0 Å². The maximum absolute atomic E-state index is 14.2. The predicted molar refractivity (Wildman–Crippen MR) is 166 cm³/mol. The number of hydrogen-bond donors (Lipinski definition) is 5. The highest BCUT2D eigenvalue weighted by atomic mass is 32.2. The van der Waals surface area contributed by atoms with Gasteiger partial charge in [-0.15, -0.1) is 0 Å². The van der Waals surface area contributed by atoms with Crippen LogP contribution in [0.5, 0.6) is 0 Å². The molecule has 12 nitrogen and oxygen atoms in total. The first-order chi connectivity index (χ1) is 19.5. The number of amides is 4. The summed E-state index contributed by atoms with van der Waals surface area (Å²) in [6.07, 6.45) is 4.65. The maximum Gasteiger partial charge on any atom is 0.475 e. The molecular formula is C29H54BN5O7S. The molecule has 0 unspecified atom stereocenters. The maximum atomic E-state index is 14.2. The smallest absolute Gasteiger partial charge is 0.426 e. The van der Waals surface area contributed by atoms with Gasteiger partial charge in [-0.25, -0.2) is 17.5 Å². The Labute approximate surface area is 258 Å². The highest BCUT2D eigenvalue weighted by Gasteiger charge is 2.70. The normalized spacial score (nSPS) is 25.7. The third kappa shape index (κ3) is 8.23. The number of nitrogens with one attached hydrogen (secondary N) is 3. The summed E-state index contributed by atoms with van der Waals surface area (Å²) in [5, 5.41) is 28.6. The Morgan fingerprint density at radius 2 is 1.60 bits per heavy atom. The lowest BCUT2D eigenvalue weighted by Gasteiger charge is -2.39. The summed E-state index contributed by atoms with van der Waals surface area (Å²) in [5.41, 5.74) is -1.35. The number of rotatable bonds is 11. The molecule has 1 aliphatic heterocycles. The van der Waals surface area contributed by atoms with Gasteiger partial charge < -0.3 is 30.9 Å². The van der Waals surface area contributed by atoms with E-state index in [1.807, 2.05) is 41.5 Å². The van der Waals surface area contributed by atoms with Gasteiger partial charge in [0.2, 0.25) is 21.8 Å². The highest BCUT2D eigenvalue weighted by molar-refractivity contribution is 7.88. The van der Waals surface area contributed by atoms with Gasteiger partial charge in [0.1, 0.15) is 12.1 Å². The van der Waals surface area contributed by atoms with Crippen LogP contribution in [0.25, 0.3) is 0 Å². The molecule has 2 aliphatic carbocycles. The van der Waals surface area contributed by atoms with Gasteiger partial charge in [-0.05, 0) is 40.4 Å². The van der Waals surface area contributed by atoms with Crippen molar-refractivity contribution in [3.8, 4) is 0 Å². The topological polar surface area (TPSA) is 168 Å². The minimum absolute atomic E-state index is 0.0510. The summed E-state index contributed by atoms with van der Waals surface area (Å²) >= 11 is 0. The van der Waals surface area contributed by atoms with Gasteiger partial charge in [0.25, 0.3) is 0 Å². The van der Waals surface area contributed by atoms with E-state index in [1.54, 1.807) is 4.90 Å². The number of likely N-dealkylation sites (tertiary alicyclic amines) is 1. The molecule has 2 saturated carbocycles. The third-order valence-corrected chi connectivity index (χ3v) is 11.3. The van der Waals surface area contributed by atoms with Gasteiger partial charge in [-0.3, -0.25) is 9.59 Å².